The van der Waals surface area contributed by atoms with Crippen LogP contribution < -0.4 is 9.47 Å². The van der Waals surface area contributed by atoms with Gasteiger partial charge in [0.2, 0.25) is 6.79 Å². The Bertz CT molecular complexity index is 396. The van der Waals surface area contributed by atoms with E-state index in [-0.39, 0.29) is 0 Å². The maximum atomic E-state index is 5.35. The van der Waals surface area contributed by atoms with Crippen LogP contribution in [0.25, 0.3) is 0 Å². The van der Waals surface area contributed by atoms with E-state index in [1.54, 1.807) is 0 Å². The highest BCUT2D eigenvalue weighted by Crippen LogP contribution is 2.33. The molecular formula is C14H16O2. The van der Waals surface area contributed by atoms with Crippen LogP contribution in [0.3, 0.4) is 0 Å². The second kappa shape index (κ2) is 4.88. The van der Waals surface area contributed by atoms with Crippen molar-refractivity contribution in [1.29, 1.82) is 0 Å². The Labute approximate surface area is 96.2 Å². The number of fused-ring (bicyclic) bond motifs is 1. The summed E-state index contributed by atoms with van der Waals surface area (Å²) in [6.07, 6.45) is 5.83. The molecule has 0 N–H and O–H groups in total. The van der Waals surface area contributed by atoms with Crippen LogP contribution in [0.2, 0.25) is 0 Å². The molecule has 0 saturated heterocycles. The van der Waals surface area contributed by atoms with E-state index < -0.39 is 0 Å². The summed E-state index contributed by atoms with van der Waals surface area (Å²) in [5, 5.41) is 0. The molecule has 1 atom stereocenters. The number of hydrogen-bond donors (Lipinski definition) is 0. The molecule has 0 radical (unpaired) electrons. The van der Waals surface area contributed by atoms with Gasteiger partial charge in [-0.1, -0.05) is 18.2 Å². The van der Waals surface area contributed by atoms with Gasteiger partial charge in [0.05, 0.1) is 0 Å². The standard InChI is InChI=1S/C14H16O2/c1-3-5-11(4-2)8-12-6-7-13-14(9-12)16-10-15-13/h3-4,6-7,9,11H,1-2,5,8,10H2/t11-/m0/s1. The molecular weight excluding hydrogens is 200 g/mol. The molecule has 1 heterocycles. The Kier molecular flexibility index (Phi) is 3.30. The smallest absolute Gasteiger partial charge is 0.231 e. The van der Waals surface area contributed by atoms with Crippen LogP contribution in [0, 0.1) is 5.92 Å². The van der Waals surface area contributed by atoms with Gasteiger partial charge in [-0.15, -0.1) is 13.2 Å². The monoisotopic (exact) mass is 216 g/mol. The van der Waals surface area contributed by atoms with Gasteiger partial charge >= 0.3 is 0 Å². The first-order valence-corrected chi connectivity index (χ1v) is 5.45. The van der Waals surface area contributed by atoms with Crippen LogP contribution >= 0.6 is 0 Å². The number of allylic oxidation sites excluding steroid dienone is 2. The maximum Gasteiger partial charge on any atom is 0.231 e. The van der Waals surface area contributed by atoms with Crippen LogP contribution in [0.15, 0.2) is 43.5 Å². The molecule has 16 heavy (non-hydrogen) atoms. The Balaban J connectivity index is 2.09. The third kappa shape index (κ3) is 2.27. The summed E-state index contributed by atoms with van der Waals surface area (Å²) in [4.78, 5) is 0. The normalized spacial score (nSPS) is 14.5. The van der Waals surface area contributed by atoms with Crippen molar-refractivity contribution in [2.24, 2.45) is 5.92 Å². The van der Waals surface area contributed by atoms with Crippen LogP contribution in [0.5, 0.6) is 11.5 Å². The van der Waals surface area contributed by atoms with E-state index in [1.165, 1.54) is 5.56 Å². The van der Waals surface area contributed by atoms with Gasteiger partial charge in [-0.25, -0.2) is 0 Å². The zero-order valence-electron chi connectivity index (χ0n) is 9.32. The van der Waals surface area contributed by atoms with E-state index in [4.69, 9.17) is 9.47 Å². The first-order chi connectivity index (χ1) is 7.83. The van der Waals surface area contributed by atoms with Crippen molar-refractivity contribution in [3.63, 3.8) is 0 Å². The highest BCUT2D eigenvalue weighted by atomic mass is 16.7. The van der Waals surface area contributed by atoms with Gasteiger partial charge in [0.15, 0.2) is 11.5 Å². The molecule has 0 saturated carbocycles. The van der Waals surface area contributed by atoms with Crippen molar-refractivity contribution in [2.45, 2.75) is 12.8 Å². The molecule has 0 spiro atoms. The third-order valence-electron chi connectivity index (χ3n) is 2.74. The largest absolute Gasteiger partial charge is 0.454 e. The lowest BCUT2D eigenvalue weighted by molar-refractivity contribution is 0.174. The molecule has 1 aliphatic heterocycles. The Hall–Kier alpha value is -1.70. The topological polar surface area (TPSA) is 18.5 Å². The second-order valence-electron chi connectivity index (χ2n) is 3.91. The molecule has 2 rings (SSSR count). The van der Waals surface area contributed by atoms with Crippen LogP contribution in [0.4, 0.5) is 0 Å². The minimum atomic E-state index is 0.330. The van der Waals surface area contributed by atoms with Gasteiger partial charge in [0.25, 0.3) is 0 Å². The van der Waals surface area contributed by atoms with Gasteiger partial charge in [-0.3, -0.25) is 0 Å². The van der Waals surface area contributed by atoms with E-state index in [0.29, 0.717) is 12.7 Å². The molecule has 2 nitrogen and oxygen atoms in total. The van der Waals surface area contributed by atoms with E-state index in [2.05, 4.69) is 19.2 Å². The van der Waals surface area contributed by atoms with Crippen molar-refractivity contribution in [3.8, 4) is 11.5 Å². The van der Waals surface area contributed by atoms with Gasteiger partial charge in [0, 0.05) is 0 Å². The Morgan fingerprint density at radius 2 is 2.06 bits per heavy atom. The fourth-order valence-corrected chi connectivity index (χ4v) is 1.85. The van der Waals surface area contributed by atoms with Gasteiger partial charge < -0.3 is 9.47 Å². The highest BCUT2D eigenvalue weighted by molar-refractivity contribution is 5.44. The summed E-state index contributed by atoms with van der Waals surface area (Å²) in [6, 6.07) is 6.08. The van der Waals surface area contributed by atoms with Crippen LogP contribution in [-0.4, -0.2) is 6.79 Å². The Morgan fingerprint density at radius 3 is 2.81 bits per heavy atom. The lowest BCUT2D eigenvalue weighted by Crippen LogP contribution is -1.99. The summed E-state index contributed by atoms with van der Waals surface area (Å²) in [5.74, 6) is 2.12. The molecule has 0 aliphatic carbocycles. The fraction of sp³-hybridized carbons (Fsp3) is 0.286. The first kappa shape index (κ1) is 10.8. The molecule has 1 aromatic carbocycles. The third-order valence-corrected chi connectivity index (χ3v) is 2.74. The zero-order valence-corrected chi connectivity index (χ0v) is 9.32. The lowest BCUT2D eigenvalue weighted by Gasteiger charge is -2.10. The van der Waals surface area contributed by atoms with Crippen molar-refractivity contribution in [3.05, 3.63) is 49.1 Å². The molecule has 0 bridgehead atoms. The average molecular weight is 216 g/mol. The minimum Gasteiger partial charge on any atom is -0.454 e. The Morgan fingerprint density at radius 1 is 1.25 bits per heavy atom. The van der Waals surface area contributed by atoms with Gasteiger partial charge in [-0.2, -0.15) is 0 Å². The van der Waals surface area contributed by atoms with Crippen molar-refractivity contribution >= 4 is 0 Å². The van der Waals surface area contributed by atoms with Gasteiger partial charge in [0.1, 0.15) is 0 Å². The van der Waals surface area contributed by atoms with Crippen molar-refractivity contribution < 1.29 is 9.47 Å². The molecule has 0 amide bonds. The summed E-state index contributed by atoms with van der Waals surface area (Å²) in [5.41, 5.74) is 1.25. The SMILES string of the molecule is C=CC[C@H](C=C)Cc1ccc2c(c1)OCO2. The molecule has 1 aliphatic rings. The average Bonchev–Trinajstić information content (AvgIpc) is 2.75. The molecule has 0 aromatic heterocycles. The van der Waals surface area contributed by atoms with Crippen molar-refractivity contribution in [1.82, 2.24) is 0 Å². The molecule has 84 valence electrons. The van der Waals surface area contributed by atoms with E-state index in [1.807, 2.05) is 24.3 Å². The summed E-state index contributed by atoms with van der Waals surface area (Å²) in [7, 11) is 0. The summed E-state index contributed by atoms with van der Waals surface area (Å²) < 4.78 is 10.6. The quantitative estimate of drug-likeness (QED) is 0.703. The fourth-order valence-electron chi connectivity index (χ4n) is 1.85. The van der Waals surface area contributed by atoms with Crippen molar-refractivity contribution in [2.75, 3.05) is 6.79 Å². The summed E-state index contributed by atoms with van der Waals surface area (Å²) in [6.45, 7) is 7.93. The molecule has 0 unspecified atom stereocenters. The number of hydrogen-bond acceptors (Lipinski definition) is 2. The number of rotatable bonds is 5. The maximum absolute atomic E-state index is 5.35. The minimum absolute atomic E-state index is 0.330. The van der Waals surface area contributed by atoms with E-state index >= 15 is 0 Å². The predicted molar refractivity (Wildman–Crippen MR) is 64.8 cm³/mol. The zero-order chi connectivity index (χ0) is 11.4. The second-order valence-corrected chi connectivity index (χ2v) is 3.91. The van der Waals surface area contributed by atoms with Crippen LogP contribution in [0.1, 0.15) is 12.0 Å². The summed E-state index contributed by atoms with van der Waals surface area (Å²) >= 11 is 0. The van der Waals surface area contributed by atoms with Gasteiger partial charge in [-0.05, 0) is 36.5 Å². The molecule has 0 fully saturated rings. The molecule has 1 aromatic rings. The number of benzene rings is 1. The predicted octanol–water partition coefficient (Wildman–Crippen LogP) is 3.34. The van der Waals surface area contributed by atoms with Crippen LogP contribution in [-0.2, 0) is 6.42 Å². The number of ether oxygens (including phenoxy) is 2. The first-order valence-electron chi connectivity index (χ1n) is 5.45. The van der Waals surface area contributed by atoms with E-state index in [9.17, 15) is 0 Å². The lowest BCUT2D eigenvalue weighted by atomic mass is 9.96. The highest BCUT2D eigenvalue weighted by Gasteiger charge is 2.14. The van der Waals surface area contributed by atoms with E-state index in [0.717, 1.165) is 24.3 Å². The molecule has 2 heteroatoms.